The number of nitrogen functional groups attached to an aromatic ring is 1. The second-order valence-corrected chi connectivity index (χ2v) is 7.80. The monoisotopic (exact) mass is 376 g/mol. The first kappa shape index (κ1) is 17.3. The quantitative estimate of drug-likeness (QED) is 0.719. The van der Waals surface area contributed by atoms with E-state index in [1.54, 1.807) is 12.4 Å². The summed E-state index contributed by atoms with van der Waals surface area (Å²) in [6, 6.07) is 8.74. The number of piperidine rings is 1. The lowest BCUT2D eigenvalue weighted by Gasteiger charge is -2.39. The Morgan fingerprint density at radius 2 is 1.79 bits per heavy atom. The van der Waals surface area contributed by atoms with Gasteiger partial charge in [-0.1, -0.05) is 42.3 Å². The van der Waals surface area contributed by atoms with E-state index in [1.165, 1.54) is 24.8 Å². The zero-order chi connectivity index (χ0) is 19.0. The van der Waals surface area contributed by atoms with Gasteiger partial charge in [-0.3, -0.25) is 0 Å². The smallest absolute Gasteiger partial charge is 0.243 e. The second kappa shape index (κ2) is 6.98. The Balaban J connectivity index is 1.42. The first-order valence-corrected chi connectivity index (χ1v) is 10.0. The van der Waals surface area contributed by atoms with Crippen LogP contribution in [0, 0.1) is 0 Å². The van der Waals surface area contributed by atoms with E-state index in [4.69, 9.17) is 15.2 Å². The van der Waals surface area contributed by atoms with Crippen LogP contribution in [0.15, 0.2) is 41.2 Å². The molecular weight excluding hydrogens is 352 g/mol. The minimum atomic E-state index is -0.132. The highest BCUT2D eigenvalue weighted by Gasteiger charge is 2.44. The molecule has 5 rings (SSSR count). The first-order chi connectivity index (χ1) is 13.7. The average Bonchev–Trinajstić information content (AvgIpc) is 3.19. The molecule has 3 N–H and O–H groups in total. The van der Waals surface area contributed by atoms with E-state index in [1.807, 2.05) is 0 Å². The molecule has 0 unspecified atom stereocenters. The fourth-order valence-corrected chi connectivity index (χ4v) is 4.27. The number of hydrogen-bond donors (Lipinski definition) is 2. The SMILES string of the molecule is Nc1ncc(-c2ccc(C3(c4noc([C@H]5CCCCN5)n4)CCC3)cc2)cn1. The van der Waals surface area contributed by atoms with Crippen LogP contribution in [0.2, 0.25) is 0 Å². The summed E-state index contributed by atoms with van der Waals surface area (Å²) >= 11 is 0. The fraction of sp³-hybridized carbons (Fsp3) is 0.429. The molecule has 1 aliphatic carbocycles. The lowest BCUT2D eigenvalue weighted by Crippen LogP contribution is -2.36. The van der Waals surface area contributed by atoms with Crippen molar-refractivity contribution in [2.75, 3.05) is 12.3 Å². The molecule has 1 saturated carbocycles. The van der Waals surface area contributed by atoms with E-state index in [9.17, 15) is 0 Å². The van der Waals surface area contributed by atoms with E-state index in [0.29, 0.717) is 0 Å². The van der Waals surface area contributed by atoms with Crippen molar-refractivity contribution in [3.8, 4) is 11.1 Å². The topological polar surface area (TPSA) is 103 Å². The van der Waals surface area contributed by atoms with Crippen LogP contribution in [0.4, 0.5) is 5.95 Å². The molecule has 1 aliphatic heterocycles. The first-order valence-electron chi connectivity index (χ1n) is 10.0. The molecule has 7 nitrogen and oxygen atoms in total. The van der Waals surface area contributed by atoms with Gasteiger partial charge in [0.2, 0.25) is 11.8 Å². The van der Waals surface area contributed by atoms with Crippen molar-refractivity contribution in [1.29, 1.82) is 0 Å². The number of anilines is 1. The molecule has 144 valence electrons. The van der Waals surface area contributed by atoms with Crippen LogP contribution in [-0.4, -0.2) is 26.7 Å². The third-order valence-electron chi connectivity index (χ3n) is 6.13. The van der Waals surface area contributed by atoms with Crippen molar-refractivity contribution in [2.24, 2.45) is 0 Å². The number of nitrogens with zero attached hydrogens (tertiary/aromatic N) is 4. The van der Waals surface area contributed by atoms with Crippen molar-refractivity contribution in [1.82, 2.24) is 25.4 Å². The Labute approximate surface area is 163 Å². The molecule has 1 atom stereocenters. The van der Waals surface area contributed by atoms with Crippen LogP contribution in [0.5, 0.6) is 0 Å². The van der Waals surface area contributed by atoms with Gasteiger partial charge in [-0.2, -0.15) is 4.98 Å². The van der Waals surface area contributed by atoms with Gasteiger partial charge >= 0.3 is 0 Å². The van der Waals surface area contributed by atoms with E-state index in [2.05, 4.69) is 44.7 Å². The molecule has 2 aliphatic rings. The molecule has 3 aromatic rings. The van der Waals surface area contributed by atoms with Crippen molar-refractivity contribution in [2.45, 2.75) is 50.0 Å². The molecule has 28 heavy (non-hydrogen) atoms. The van der Waals surface area contributed by atoms with Crippen LogP contribution in [0.25, 0.3) is 11.1 Å². The summed E-state index contributed by atoms with van der Waals surface area (Å²) in [5.74, 6) is 1.84. The molecule has 7 heteroatoms. The summed E-state index contributed by atoms with van der Waals surface area (Å²) in [5.41, 5.74) is 8.71. The minimum Gasteiger partial charge on any atom is -0.368 e. The van der Waals surface area contributed by atoms with Gasteiger partial charge in [-0.15, -0.1) is 0 Å². The Kier molecular flexibility index (Phi) is 4.31. The Bertz CT molecular complexity index is 940. The van der Waals surface area contributed by atoms with Crippen LogP contribution < -0.4 is 11.1 Å². The van der Waals surface area contributed by atoms with Gasteiger partial charge in [-0.25, -0.2) is 9.97 Å². The Hall–Kier alpha value is -2.80. The normalized spacial score (nSPS) is 21.2. The van der Waals surface area contributed by atoms with Crippen molar-refractivity contribution in [3.05, 3.63) is 53.9 Å². The predicted molar refractivity (Wildman–Crippen MR) is 105 cm³/mol. The Morgan fingerprint density at radius 1 is 1.00 bits per heavy atom. The summed E-state index contributed by atoms with van der Waals surface area (Å²) in [6.45, 7) is 1.02. The molecule has 0 amide bonds. The van der Waals surface area contributed by atoms with E-state index < -0.39 is 0 Å². The molecule has 2 fully saturated rings. The average molecular weight is 376 g/mol. The van der Waals surface area contributed by atoms with Gasteiger partial charge < -0.3 is 15.6 Å². The molecule has 2 aromatic heterocycles. The molecule has 0 bridgehead atoms. The van der Waals surface area contributed by atoms with Crippen LogP contribution in [-0.2, 0) is 5.41 Å². The molecule has 3 heterocycles. The van der Waals surface area contributed by atoms with Gasteiger partial charge in [0, 0.05) is 18.0 Å². The maximum Gasteiger partial charge on any atom is 0.243 e. The van der Waals surface area contributed by atoms with E-state index in [-0.39, 0.29) is 17.4 Å². The number of nitrogens with two attached hydrogens (primary N) is 1. The molecule has 0 spiro atoms. The van der Waals surface area contributed by atoms with Gasteiger partial charge in [0.05, 0.1) is 11.5 Å². The van der Waals surface area contributed by atoms with Gasteiger partial charge in [0.1, 0.15) is 0 Å². The summed E-state index contributed by atoms with van der Waals surface area (Å²) in [5, 5.41) is 7.88. The summed E-state index contributed by atoms with van der Waals surface area (Å²) in [7, 11) is 0. The maximum atomic E-state index is 5.66. The number of nitrogens with one attached hydrogen (secondary N) is 1. The van der Waals surface area contributed by atoms with Crippen molar-refractivity contribution >= 4 is 5.95 Å². The molecule has 1 aromatic carbocycles. The minimum absolute atomic E-state index is 0.132. The second-order valence-electron chi connectivity index (χ2n) is 7.80. The van der Waals surface area contributed by atoms with Crippen LogP contribution in [0.1, 0.15) is 61.8 Å². The van der Waals surface area contributed by atoms with Crippen molar-refractivity contribution < 1.29 is 4.52 Å². The summed E-state index contributed by atoms with van der Waals surface area (Å²) in [6.07, 6.45) is 10.3. The van der Waals surface area contributed by atoms with Gasteiger partial charge in [0.15, 0.2) is 5.82 Å². The fourth-order valence-electron chi connectivity index (χ4n) is 4.27. The molecule has 0 radical (unpaired) electrons. The van der Waals surface area contributed by atoms with E-state index in [0.717, 1.165) is 48.6 Å². The highest BCUT2D eigenvalue weighted by molar-refractivity contribution is 5.62. The standard InChI is InChI=1S/C21H24N6O/c22-20-24-12-15(13-25-20)14-5-7-16(8-6-14)21(9-3-10-21)19-26-18(28-27-19)17-4-1-2-11-23-17/h5-8,12-13,17,23H,1-4,9-11H2,(H2,22,24,25)/t17-/m1/s1. The number of rotatable bonds is 4. The number of aromatic nitrogens is 4. The summed E-state index contributed by atoms with van der Waals surface area (Å²) in [4.78, 5) is 13.0. The van der Waals surface area contributed by atoms with E-state index >= 15 is 0 Å². The summed E-state index contributed by atoms with van der Waals surface area (Å²) < 4.78 is 5.66. The maximum absolute atomic E-state index is 5.66. The third-order valence-corrected chi connectivity index (χ3v) is 6.13. The van der Waals surface area contributed by atoms with Gasteiger partial charge in [-0.05, 0) is 43.4 Å². The highest BCUT2D eigenvalue weighted by atomic mass is 16.5. The lowest BCUT2D eigenvalue weighted by atomic mass is 9.64. The largest absolute Gasteiger partial charge is 0.368 e. The predicted octanol–water partition coefficient (Wildman–Crippen LogP) is 3.39. The number of benzene rings is 1. The third kappa shape index (κ3) is 2.96. The zero-order valence-electron chi connectivity index (χ0n) is 15.8. The van der Waals surface area contributed by atoms with Crippen molar-refractivity contribution in [3.63, 3.8) is 0 Å². The highest BCUT2D eigenvalue weighted by Crippen LogP contribution is 2.48. The van der Waals surface area contributed by atoms with Crippen LogP contribution in [0.3, 0.4) is 0 Å². The van der Waals surface area contributed by atoms with Crippen LogP contribution >= 0.6 is 0 Å². The lowest BCUT2D eigenvalue weighted by molar-refractivity contribution is 0.264. The van der Waals surface area contributed by atoms with Gasteiger partial charge in [0.25, 0.3) is 0 Å². The molecular formula is C21H24N6O. The Morgan fingerprint density at radius 3 is 2.43 bits per heavy atom. The molecule has 1 saturated heterocycles. The zero-order valence-corrected chi connectivity index (χ0v) is 15.8. The number of hydrogen-bond acceptors (Lipinski definition) is 7.